The summed E-state index contributed by atoms with van der Waals surface area (Å²) < 4.78 is 12.3. The van der Waals surface area contributed by atoms with Crippen LogP contribution in [0, 0.1) is 5.92 Å². The zero-order chi connectivity index (χ0) is 20.5. The molecule has 1 heterocycles. The van der Waals surface area contributed by atoms with Crippen molar-refractivity contribution in [2.75, 3.05) is 32.4 Å². The molecule has 1 aliphatic heterocycles. The number of amides is 1. The molecule has 0 radical (unpaired) electrons. The third-order valence-corrected chi connectivity index (χ3v) is 7.13. The minimum Gasteiger partial charge on any atom is -0.355 e. The summed E-state index contributed by atoms with van der Waals surface area (Å²) in [6.07, 6.45) is 6.70. The minimum absolute atomic E-state index is 0. The van der Waals surface area contributed by atoms with E-state index in [1.807, 2.05) is 35.2 Å². The largest absolute Gasteiger partial charge is 0.355 e. The van der Waals surface area contributed by atoms with Gasteiger partial charge >= 0.3 is 0 Å². The Kier molecular flexibility index (Phi) is 11.1. The predicted molar refractivity (Wildman–Crippen MR) is 135 cm³/mol. The second-order valence-corrected chi connectivity index (χ2v) is 9.60. The highest BCUT2D eigenvalue weighted by molar-refractivity contribution is 14.0. The van der Waals surface area contributed by atoms with Gasteiger partial charge < -0.3 is 15.5 Å². The van der Waals surface area contributed by atoms with Gasteiger partial charge in [0.2, 0.25) is 5.91 Å². The molecule has 8 heteroatoms. The van der Waals surface area contributed by atoms with Crippen LogP contribution in [-0.2, 0) is 21.3 Å². The molecule has 0 spiro atoms. The monoisotopic (exact) mass is 546 g/mol. The Morgan fingerprint density at radius 2 is 1.90 bits per heavy atom. The van der Waals surface area contributed by atoms with Crippen LogP contribution in [-0.4, -0.2) is 59.5 Å². The number of nitrogens with zero attached hydrogens (tertiary/aromatic N) is 2. The van der Waals surface area contributed by atoms with Crippen molar-refractivity contribution in [2.24, 2.45) is 10.9 Å². The molecule has 1 aromatic rings. The molecule has 1 saturated carbocycles. The molecule has 2 unspecified atom stereocenters. The average Bonchev–Trinajstić information content (AvgIpc) is 3.22. The first-order chi connectivity index (χ1) is 14.2. The van der Waals surface area contributed by atoms with Crippen LogP contribution in [0.1, 0.15) is 44.1 Å². The van der Waals surface area contributed by atoms with Crippen LogP contribution < -0.4 is 10.6 Å². The van der Waals surface area contributed by atoms with Crippen molar-refractivity contribution in [3.05, 3.63) is 35.9 Å². The number of hydrogen-bond donors (Lipinski definition) is 2. The molecule has 30 heavy (non-hydrogen) atoms. The number of guanidine groups is 1. The van der Waals surface area contributed by atoms with E-state index in [4.69, 9.17) is 0 Å². The first-order valence-electron chi connectivity index (χ1n) is 10.8. The van der Waals surface area contributed by atoms with Crippen molar-refractivity contribution < 1.29 is 9.00 Å². The molecule has 2 fully saturated rings. The molecule has 1 saturated heterocycles. The standard InChI is InChI=1S/C22H34N4O2S.HI/c1-23-22(24-13-15-29(28)17-18-8-4-2-5-9-18)25-20-12-14-26(16-20)21(27)19-10-6-3-7-11-19;/h2,4-5,8-9,19-20H,3,6-7,10-17H2,1H3,(H2,23,24,25);1H. The summed E-state index contributed by atoms with van der Waals surface area (Å²) in [7, 11) is 0.840. The summed E-state index contributed by atoms with van der Waals surface area (Å²) in [6.45, 7) is 2.18. The van der Waals surface area contributed by atoms with E-state index in [9.17, 15) is 9.00 Å². The molecule has 6 nitrogen and oxygen atoms in total. The maximum absolute atomic E-state index is 12.7. The van der Waals surface area contributed by atoms with Crippen molar-refractivity contribution in [1.82, 2.24) is 15.5 Å². The average molecular weight is 547 g/mol. The van der Waals surface area contributed by atoms with E-state index >= 15 is 0 Å². The Hall–Kier alpha value is -1.16. The Balaban J connectivity index is 0.00000320. The Bertz CT molecular complexity index is 710. The second-order valence-electron chi connectivity index (χ2n) is 8.02. The number of benzene rings is 1. The number of halogens is 1. The van der Waals surface area contributed by atoms with E-state index in [1.54, 1.807) is 7.05 Å². The van der Waals surface area contributed by atoms with Gasteiger partial charge in [-0.15, -0.1) is 24.0 Å². The number of nitrogens with one attached hydrogen (secondary N) is 2. The molecule has 2 N–H and O–H groups in total. The van der Waals surface area contributed by atoms with E-state index in [0.29, 0.717) is 24.0 Å². The van der Waals surface area contributed by atoms with Crippen LogP contribution in [0.15, 0.2) is 35.3 Å². The van der Waals surface area contributed by atoms with Crippen LogP contribution in [0.2, 0.25) is 0 Å². The van der Waals surface area contributed by atoms with Gasteiger partial charge in [-0.2, -0.15) is 0 Å². The van der Waals surface area contributed by atoms with Crippen molar-refractivity contribution in [1.29, 1.82) is 0 Å². The minimum atomic E-state index is -0.906. The van der Waals surface area contributed by atoms with E-state index in [2.05, 4.69) is 15.6 Å². The van der Waals surface area contributed by atoms with E-state index in [-0.39, 0.29) is 35.9 Å². The maximum Gasteiger partial charge on any atom is 0.225 e. The first kappa shape index (κ1) is 25.1. The summed E-state index contributed by atoms with van der Waals surface area (Å²) in [5.41, 5.74) is 1.10. The molecule has 1 aromatic carbocycles. The molecule has 0 bridgehead atoms. The van der Waals surface area contributed by atoms with Crippen molar-refractivity contribution in [3.8, 4) is 0 Å². The molecule has 2 atom stereocenters. The van der Waals surface area contributed by atoms with Gasteiger partial charge in [0.15, 0.2) is 5.96 Å². The predicted octanol–water partition coefficient (Wildman–Crippen LogP) is 2.90. The van der Waals surface area contributed by atoms with Crippen molar-refractivity contribution in [2.45, 2.75) is 50.3 Å². The summed E-state index contributed by atoms with van der Waals surface area (Å²) >= 11 is 0. The fourth-order valence-corrected chi connectivity index (χ4v) is 5.23. The summed E-state index contributed by atoms with van der Waals surface area (Å²) in [4.78, 5) is 19.0. The molecule has 1 aliphatic carbocycles. The van der Waals surface area contributed by atoms with E-state index in [1.165, 1.54) is 19.3 Å². The van der Waals surface area contributed by atoms with E-state index in [0.717, 1.165) is 43.9 Å². The third kappa shape index (κ3) is 7.83. The Morgan fingerprint density at radius 1 is 1.17 bits per heavy atom. The van der Waals surface area contributed by atoms with Gasteiger partial charge in [0.05, 0.1) is 0 Å². The quantitative estimate of drug-likeness (QED) is 0.314. The van der Waals surface area contributed by atoms with Crippen LogP contribution in [0.4, 0.5) is 0 Å². The number of rotatable bonds is 7. The molecule has 168 valence electrons. The number of carbonyl (C=O) groups excluding carboxylic acids is 1. The van der Waals surface area contributed by atoms with Crippen LogP contribution in [0.25, 0.3) is 0 Å². The number of hydrogen-bond acceptors (Lipinski definition) is 3. The van der Waals surface area contributed by atoms with Gasteiger partial charge in [-0.1, -0.05) is 49.6 Å². The number of aliphatic imine (C=N–C) groups is 1. The molecule has 3 rings (SSSR count). The van der Waals surface area contributed by atoms with Gasteiger partial charge in [0.25, 0.3) is 0 Å². The second kappa shape index (κ2) is 13.3. The SMILES string of the molecule is CN=C(NCCS(=O)Cc1ccccc1)NC1CCN(C(=O)C2CCCCC2)C1.I. The van der Waals surface area contributed by atoms with Crippen LogP contribution in [0.5, 0.6) is 0 Å². The lowest BCUT2D eigenvalue weighted by Crippen LogP contribution is -2.46. The lowest BCUT2D eigenvalue weighted by molar-refractivity contribution is -0.135. The number of likely N-dealkylation sites (tertiary alicyclic amines) is 1. The Labute approximate surface area is 200 Å². The summed E-state index contributed by atoms with van der Waals surface area (Å²) in [5, 5.41) is 6.69. The fraction of sp³-hybridized carbons (Fsp3) is 0.636. The number of carbonyl (C=O) groups is 1. The van der Waals surface area contributed by atoms with Crippen LogP contribution in [0.3, 0.4) is 0 Å². The zero-order valence-electron chi connectivity index (χ0n) is 17.8. The molecule has 0 aromatic heterocycles. The normalized spacial score (nSPS) is 21.0. The topological polar surface area (TPSA) is 73.8 Å². The lowest BCUT2D eigenvalue weighted by atomic mass is 9.88. The van der Waals surface area contributed by atoms with Gasteiger partial charge in [-0.05, 0) is 24.8 Å². The highest BCUT2D eigenvalue weighted by Crippen LogP contribution is 2.26. The molecular formula is C22H35IN4O2S. The zero-order valence-corrected chi connectivity index (χ0v) is 21.0. The highest BCUT2D eigenvalue weighted by Gasteiger charge is 2.31. The molecule has 2 aliphatic rings. The van der Waals surface area contributed by atoms with Gasteiger partial charge in [-0.25, -0.2) is 0 Å². The summed E-state index contributed by atoms with van der Waals surface area (Å²) in [6, 6.07) is 10.2. The Morgan fingerprint density at radius 3 is 2.60 bits per heavy atom. The molecular weight excluding hydrogens is 511 g/mol. The van der Waals surface area contributed by atoms with E-state index < -0.39 is 10.8 Å². The van der Waals surface area contributed by atoms with Crippen LogP contribution >= 0.6 is 24.0 Å². The van der Waals surface area contributed by atoms with Gasteiger partial charge in [0, 0.05) is 60.9 Å². The molecule has 1 amide bonds. The fourth-order valence-electron chi connectivity index (χ4n) is 4.19. The van der Waals surface area contributed by atoms with Gasteiger partial charge in [-0.3, -0.25) is 14.0 Å². The smallest absolute Gasteiger partial charge is 0.225 e. The summed E-state index contributed by atoms with van der Waals surface area (Å²) in [5.74, 6) is 2.45. The van der Waals surface area contributed by atoms with Crippen molar-refractivity contribution >= 4 is 46.6 Å². The first-order valence-corrected chi connectivity index (χ1v) is 12.3. The van der Waals surface area contributed by atoms with Crippen molar-refractivity contribution in [3.63, 3.8) is 0 Å². The van der Waals surface area contributed by atoms with Gasteiger partial charge in [0.1, 0.15) is 0 Å². The maximum atomic E-state index is 12.7. The third-order valence-electron chi connectivity index (χ3n) is 5.81. The highest BCUT2D eigenvalue weighted by atomic mass is 127. The lowest BCUT2D eigenvalue weighted by Gasteiger charge is -2.26.